The molecule has 0 bridgehead atoms. The Hall–Kier alpha value is -1.51. The predicted molar refractivity (Wildman–Crippen MR) is 81.3 cm³/mol. The minimum absolute atomic E-state index is 0.133. The number of hydrogen-bond acceptors (Lipinski definition) is 4. The fraction of sp³-hybridized carbons (Fsp3) is 0.500. The molecule has 1 aliphatic rings. The normalized spacial score (nSPS) is 16.8. The second-order valence-electron chi connectivity index (χ2n) is 5.57. The Labute approximate surface area is 129 Å². The summed E-state index contributed by atoms with van der Waals surface area (Å²) >= 11 is 0. The average Bonchev–Trinajstić information content (AvgIpc) is 2.39. The van der Waals surface area contributed by atoms with Gasteiger partial charge >= 0.3 is 0 Å². The number of nitrogens with one attached hydrogen (secondary N) is 3. The second kappa shape index (κ2) is 6.72. The number of amides is 1. The molecule has 8 heteroatoms. The Bertz CT molecular complexity index is 644. The van der Waals surface area contributed by atoms with Crippen molar-refractivity contribution in [3.8, 4) is 0 Å². The summed E-state index contributed by atoms with van der Waals surface area (Å²) in [6, 6.07) is 6.41. The zero-order chi connectivity index (χ0) is 16.2. The van der Waals surface area contributed by atoms with Crippen LogP contribution >= 0.6 is 0 Å². The third kappa shape index (κ3) is 4.25. The van der Waals surface area contributed by atoms with Crippen molar-refractivity contribution in [3.63, 3.8) is 0 Å². The summed E-state index contributed by atoms with van der Waals surface area (Å²) in [7, 11) is -3.27. The van der Waals surface area contributed by atoms with Crippen LogP contribution in [0.3, 0.4) is 0 Å². The first-order valence-electron chi connectivity index (χ1n) is 6.99. The molecule has 2 rings (SSSR count). The van der Waals surface area contributed by atoms with Crippen LogP contribution in [0.1, 0.15) is 5.56 Å². The maximum absolute atomic E-state index is 13.8. The summed E-state index contributed by atoms with van der Waals surface area (Å²) in [6.07, 6.45) is 1.38. The molecular weight excluding hydrogens is 309 g/mol. The molecule has 1 heterocycles. The molecule has 1 aromatic carbocycles. The van der Waals surface area contributed by atoms with Gasteiger partial charge in [0.05, 0.1) is 11.7 Å². The lowest BCUT2D eigenvalue weighted by atomic mass is 9.75. The summed E-state index contributed by atoms with van der Waals surface area (Å²) in [5.41, 5.74) is -0.166. The number of carbonyl (C=O) groups excluding carboxylic acids is 1. The predicted octanol–water partition coefficient (Wildman–Crippen LogP) is -0.377. The molecule has 1 aromatic rings. The van der Waals surface area contributed by atoms with Crippen molar-refractivity contribution in [3.05, 3.63) is 35.6 Å². The van der Waals surface area contributed by atoms with Crippen molar-refractivity contribution in [2.45, 2.75) is 6.42 Å². The van der Waals surface area contributed by atoms with Gasteiger partial charge in [0.15, 0.2) is 0 Å². The number of rotatable bonds is 7. The van der Waals surface area contributed by atoms with Gasteiger partial charge in [-0.15, -0.1) is 0 Å². The van der Waals surface area contributed by atoms with E-state index >= 15 is 0 Å². The SMILES string of the molecule is CS(=O)(=O)NCCNC(=O)C1(Cc2ccccc2F)CNC1. The van der Waals surface area contributed by atoms with Crippen LogP contribution in [0.25, 0.3) is 0 Å². The fourth-order valence-electron chi connectivity index (χ4n) is 2.40. The molecule has 1 saturated heterocycles. The molecule has 0 saturated carbocycles. The van der Waals surface area contributed by atoms with E-state index in [1.54, 1.807) is 18.2 Å². The molecule has 0 aromatic heterocycles. The first-order chi connectivity index (χ1) is 10.3. The number of hydrogen-bond donors (Lipinski definition) is 3. The molecule has 0 spiro atoms. The lowest BCUT2D eigenvalue weighted by molar-refractivity contribution is -0.133. The molecule has 1 aliphatic heterocycles. The van der Waals surface area contributed by atoms with E-state index in [1.165, 1.54) is 6.07 Å². The van der Waals surface area contributed by atoms with Crippen molar-refractivity contribution in [1.29, 1.82) is 0 Å². The van der Waals surface area contributed by atoms with E-state index in [0.29, 0.717) is 25.1 Å². The Morgan fingerprint density at radius 2 is 2.00 bits per heavy atom. The molecule has 22 heavy (non-hydrogen) atoms. The molecule has 1 fully saturated rings. The number of carbonyl (C=O) groups is 1. The van der Waals surface area contributed by atoms with Gasteiger partial charge in [0.25, 0.3) is 0 Å². The topological polar surface area (TPSA) is 87.3 Å². The van der Waals surface area contributed by atoms with Gasteiger partial charge in [-0.2, -0.15) is 0 Å². The van der Waals surface area contributed by atoms with Gasteiger partial charge < -0.3 is 10.6 Å². The van der Waals surface area contributed by atoms with E-state index in [1.807, 2.05) is 0 Å². The second-order valence-corrected chi connectivity index (χ2v) is 7.41. The third-order valence-corrected chi connectivity index (χ3v) is 4.40. The first kappa shape index (κ1) is 16.9. The Balaban J connectivity index is 1.92. The Kier molecular flexibility index (Phi) is 5.15. The molecule has 1 amide bonds. The van der Waals surface area contributed by atoms with Gasteiger partial charge in [-0.25, -0.2) is 17.5 Å². The van der Waals surface area contributed by atoms with E-state index in [0.717, 1.165) is 6.26 Å². The fourth-order valence-corrected chi connectivity index (χ4v) is 2.87. The van der Waals surface area contributed by atoms with Gasteiger partial charge in [0.1, 0.15) is 5.82 Å². The van der Waals surface area contributed by atoms with Crippen molar-refractivity contribution in [2.24, 2.45) is 5.41 Å². The van der Waals surface area contributed by atoms with Gasteiger partial charge in [-0.05, 0) is 18.1 Å². The van der Waals surface area contributed by atoms with Crippen LogP contribution < -0.4 is 15.4 Å². The average molecular weight is 329 g/mol. The molecule has 0 unspecified atom stereocenters. The van der Waals surface area contributed by atoms with E-state index in [-0.39, 0.29) is 24.8 Å². The lowest BCUT2D eigenvalue weighted by Gasteiger charge is -2.41. The highest BCUT2D eigenvalue weighted by Gasteiger charge is 2.44. The molecule has 0 aliphatic carbocycles. The van der Waals surface area contributed by atoms with Gasteiger partial charge in [0, 0.05) is 26.2 Å². The summed E-state index contributed by atoms with van der Waals surface area (Å²) in [5.74, 6) is -0.509. The smallest absolute Gasteiger partial charge is 0.229 e. The van der Waals surface area contributed by atoms with Crippen molar-refractivity contribution >= 4 is 15.9 Å². The van der Waals surface area contributed by atoms with E-state index in [2.05, 4.69) is 15.4 Å². The molecule has 3 N–H and O–H groups in total. The third-order valence-electron chi connectivity index (χ3n) is 3.67. The van der Waals surface area contributed by atoms with Gasteiger partial charge in [-0.3, -0.25) is 4.79 Å². The van der Waals surface area contributed by atoms with Crippen molar-refractivity contribution in [1.82, 2.24) is 15.4 Å². The van der Waals surface area contributed by atoms with E-state index < -0.39 is 15.4 Å². The molecule has 6 nitrogen and oxygen atoms in total. The minimum atomic E-state index is -3.27. The lowest BCUT2D eigenvalue weighted by Crippen LogP contribution is -2.63. The highest BCUT2D eigenvalue weighted by molar-refractivity contribution is 7.88. The Morgan fingerprint density at radius 1 is 1.32 bits per heavy atom. The van der Waals surface area contributed by atoms with Crippen LogP contribution in [0, 0.1) is 11.2 Å². The van der Waals surface area contributed by atoms with E-state index in [4.69, 9.17) is 0 Å². The number of sulfonamides is 1. The van der Waals surface area contributed by atoms with Crippen LogP contribution in [-0.2, 0) is 21.2 Å². The maximum Gasteiger partial charge on any atom is 0.229 e. The van der Waals surface area contributed by atoms with Crippen LogP contribution in [0.4, 0.5) is 4.39 Å². The highest BCUT2D eigenvalue weighted by atomic mass is 32.2. The van der Waals surface area contributed by atoms with Crippen LogP contribution in [-0.4, -0.2) is 46.8 Å². The van der Waals surface area contributed by atoms with Crippen LogP contribution in [0.2, 0.25) is 0 Å². The molecule has 0 atom stereocenters. The Morgan fingerprint density at radius 3 is 2.55 bits per heavy atom. The first-order valence-corrected chi connectivity index (χ1v) is 8.89. The zero-order valence-electron chi connectivity index (χ0n) is 12.4. The summed E-state index contributed by atoms with van der Waals surface area (Å²) in [4.78, 5) is 12.3. The largest absolute Gasteiger partial charge is 0.354 e. The highest BCUT2D eigenvalue weighted by Crippen LogP contribution is 2.29. The standard InChI is InChI=1S/C14H20FN3O3S/c1-22(20,21)18-7-6-17-13(19)14(9-16-10-14)8-11-4-2-3-5-12(11)15/h2-5,16,18H,6-10H2,1H3,(H,17,19). The summed E-state index contributed by atoms with van der Waals surface area (Å²) < 4.78 is 37.9. The van der Waals surface area contributed by atoms with Gasteiger partial charge in [0.2, 0.25) is 15.9 Å². The van der Waals surface area contributed by atoms with E-state index in [9.17, 15) is 17.6 Å². The number of halogens is 1. The summed E-state index contributed by atoms with van der Waals surface area (Å²) in [6.45, 7) is 1.29. The van der Waals surface area contributed by atoms with Crippen molar-refractivity contribution in [2.75, 3.05) is 32.4 Å². The molecule has 122 valence electrons. The quantitative estimate of drug-likeness (QED) is 0.595. The van der Waals surface area contributed by atoms with Gasteiger partial charge in [-0.1, -0.05) is 18.2 Å². The van der Waals surface area contributed by atoms with Crippen LogP contribution in [0.5, 0.6) is 0 Å². The minimum Gasteiger partial charge on any atom is -0.354 e. The van der Waals surface area contributed by atoms with Crippen LogP contribution in [0.15, 0.2) is 24.3 Å². The summed E-state index contributed by atoms with van der Waals surface area (Å²) in [5, 5.41) is 5.75. The number of benzene rings is 1. The molecular formula is C14H20FN3O3S. The maximum atomic E-state index is 13.8. The monoisotopic (exact) mass is 329 g/mol. The molecule has 0 radical (unpaired) electrons. The van der Waals surface area contributed by atoms with Crippen molar-refractivity contribution < 1.29 is 17.6 Å². The zero-order valence-corrected chi connectivity index (χ0v) is 13.2.